The van der Waals surface area contributed by atoms with E-state index >= 15 is 0 Å². The van der Waals surface area contributed by atoms with Crippen molar-refractivity contribution in [1.82, 2.24) is 0 Å². The SMILES string of the molecule is O=C1C(/C2=C/C/C=C\CCC2)=C(O)c2ccccc21. The summed E-state index contributed by atoms with van der Waals surface area (Å²) in [6.07, 6.45) is 10.1. The molecule has 0 saturated carbocycles. The Labute approximate surface area is 112 Å². The topological polar surface area (TPSA) is 37.3 Å². The van der Waals surface area contributed by atoms with Gasteiger partial charge < -0.3 is 5.11 Å². The van der Waals surface area contributed by atoms with Crippen molar-refractivity contribution >= 4 is 11.5 Å². The Balaban J connectivity index is 2.04. The number of carbonyl (C=O) groups excluding carboxylic acids is 1. The minimum Gasteiger partial charge on any atom is -0.507 e. The minimum absolute atomic E-state index is 0.0381. The van der Waals surface area contributed by atoms with E-state index in [1.54, 1.807) is 12.1 Å². The van der Waals surface area contributed by atoms with Crippen LogP contribution >= 0.6 is 0 Å². The van der Waals surface area contributed by atoms with Gasteiger partial charge in [-0.15, -0.1) is 0 Å². The Morgan fingerprint density at radius 2 is 1.84 bits per heavy atom. The molecular formula is C17H16O2. The molecule has 0 atom stereocenters. The number of aliphatic hydroxyl groups excluding tert-OH is 1. The lowest BCUT2D eigenvalue weighted by atomic mass is 9.94. The molecule has 0 saturated heterocycles. The normalized spacial score (nSPS) is 23.4. The van der Waals surface area contributed by atoms with Gasteiger partial charge in [-0.3, -0.25) is 4.79 Å². The van der Waals surface area contributed by atoms with Crippen LogP contribution in [0, 0.1) is 0 Å². The zero-order valence-electron chi connectivity index (χ0n) is 10.7. The van der Waals surface area contributed by atoms with Crippen LogP contribution in [0.5, 0.6) is 0 Å². The Morgan fingerprint density at radius 1 is 1.05 bits per heavy atom. The number of aliphatic hydroxyl groups is 1. The first-order chi connectivity index (χ1) is 9.29. The van der Waals surface area contributed by atoms with E-state index in [1.165, 1.54) is 0 Å². The highest BCUT2D eigenvalue weighted by Crippen LogP contribution is 2.36. The molecule has 1 aromatic carbocycles. The van der Waals surface area contributed by atoms with E-state index in [0.717, 1.165) is 31.3 Å². The van der Waals surface area contributed by atoms with Crippen molar-refractivity contribution in [2.24, 2.45) is 0 Å². The first kappa shape index (κ1) is 12.0. The molecule has 1 N–H and O–H groups in total. The van der Waals surface area contributed by atoms with Gasteiger partial charge in [0, 0.05) is 11.1 Å². The van der Waals surface area contributed by atoms with Gasteiger partial charge in [0.25, 0.3) is 0 Å². The van der Waals surface area contributed by atoms with Crippen molar-refractivity contribution in [2.45, 2.75) is 25.7 Å². The van der Waals surface area contributed by atoms with Gasteiger partial charge in [-0.1, -0.05) is 42.5 Å². The zero-order chi connectivity index (χ0) is 13.2. The molecule has 2 aliphatic rings. The van der Waals surface area contributed by atoms with Crippen LogP contribution < -0.4 is 0 Å². The summed E-state index contributed by atoms with van der Waals surface area (Å²) in [7, 11) is 0. The Bertz CT molecular complexity index is 618. The minimum atomic E-state index is -0.0381. The monoisotopic (exact) mass is 252 g/mol. The average molecular weight is 252 g/mol. The molecule has 0 fully saturated rings. The maximum atomic E-state index is 12.4. The second-order valence-corrected chi connectivity index (χ2v) is 4.93. The fraction of sp³-hybridized carbons (Fsp3) is 0.235. The second-order valence-electron chi connectivity index (χ2n) is 4.93. The molecule has 2 nitrogen and oxygen atoms in total. The Hall–Kier alpha value is -2.09. The highest BCUT2D eigenvalue weighted by molar-refractivity contribution is 6.22. The van der Waals surface area contributed by atoms with Gasteiger partial charge in [-0.25, -0.2) is 0 Å². The number of carbonyl (C=O) groups is 1. The third-order valence-corrected chi connectivity index (χ3v) is 3.70. The first-order valence-corrected chi connectivity index (χ1v) is 6.71. The number of hydrogen-bond donors (Lipinski definition) is 1. The molecule has 2 heteroatoms. The standard InChI is InChI=1S/C17H16O2/c18-16-13-10-6-7-11-14(13)17(19)15(16)12-8-4-2-1-3-5-9-12/h1-2,6-8,10-11,18H,3-5,9H2/b2-1-,12-8+. The van der Waals surface area contributed by atoms with E-state index in [9.17, 15) is 9.90 Å². The molecule has 0 aromatic heterocycles. The van der Waals surface area contributed by atoms with E-state index in [1.807, 2.05) is 12.1 Å². The summed E-state index contributed by atoms with van der Waals surface area (Å²) in [4.78, 5) is 12.4. The summed E-state index contributed by atoms with van der Waals surface area (Å²) in [6, 6.07) is 7.27. The first-order valence-electron chi connectivity index (χ1n) is 6.71. The third kappa shape index (κ3) is 2.03. The summed E-state index contributed by atoms with van der Waals surface area (Å²) in [5.74, 6) is 0.111. The van der Waals surface area contributed by atoms with Crippen molar-refractivity contribution in [2.75, 3.05) is 0 Å². The van der Waals surface area contributed by atoms with Crippen LogP contribution in [-0.4, -0.2) is 10.9 Å². The van der Waals surface area contributed by atoms with Gasteiger partial charge in [0.15, 0.2) is 5.78 Å². The predicted molar refractivity (Wildman–Crippen MR) is 76.0 cm³/mol. The zero-order valence-corrected chi connectivity index (χ0v) is 10.7. The fourth-order valence-electron chi connectivity index (χ4n) is 2.73. The summed E-state index contributed by atoms with van der Waals surface area (Å²) in [5.41, 5.74) is 2.79. The van der Waals surface area contributed by atoms with Crippen LogP contribution in [0.1, 0.15) is 41.6 Å². The van der Waals surface area contributed by atoms with Gasteiger partial charge in [-0.2, -0.15) is 0 Å². The van der Waals surface area contributed by atoms with Crippen LogP contribution in [0.4, 0.5) is 0 Å². The number of Topliss-reactive ketones (excluding diaryl/α,β-unsaturated/α-hetero) is 1. The number of hydrogen-bond acceptors (Lipinski definition) is 2. The Kier molecular flexibility index (Phi) is 3.08. The van der Waals surface area contributed by atoms with Crippen molar-refractivity contribution in [3.05, 3.63) is 64.8 Å². The summed E-state index contributed by atoms with van der Waals surface area (Å²) < 4.78 is 0. The Morgan fingerprint density at radius 3 is 2.63 bits per heavy atom. The highest BCUT2D eigenvalue weighted by Gasteiger charge is 2.31. The molecule has 19 heavy (non-hydrogen) atoms. The summed E-state index contributed by atoms with van der Waals surface area (Å²) >= 11 is 0. The molecule has 0 radical (unpaired) electrons. The lowest BCUT2D eigenvalue weighted by molar-refractivity contribution is 0.103. The predicted octanol–water partition coefficient (Wildman–Crippen LogP) is 4.21. The lowest BCUT2D eigenvalue weighted by Gasteiger charge is -2.09. The second kappa shape index (κ2) is 4.88. The van der Waals surface area contributed by atoms with Crippen molar-refractivity contribution in [3.63, 3.8) is 0 Å². The van der Waals surface area contributed by atoms with Gasteiger partial charge in [0.1, 0.15) is 5.76 Å². The average Bonchev–Trinajstić information content (AvgIpc) is 2.64. The molecule has 3 rings (SSSR count). The lowest BCUT2D eigenvalue weighted by Crippen LogP contribution is -2.03. The van der Waals surface area contributed by atoms with E-state index in [4.69, 9.17) is 0 Å². The van der Waals surface area contributed by atoms with Crippen LogP contribution in [0.2, 0.25) is 0 Å². The van der Waals surface area contributed by atoms with Crippen LogP contribution in [0.15, 0.2) is 53.6 Å². The van der Waals surface area contributed by atoms with Crippen molar-refractivity contribution < 1.29 is 9.90 Å². The molecular weight excluding hydrogens is 236 g/mol. The maximum absolute atomic E-state index is 12.4. The van der Waals surface area contributed by atoms with Gasteiger partial charge in [-0.05, 0) is 31.3 Å². The van der Waals surface area contributed by atoms with E-state index < -0.39 is 0 Å². The number of allylic oxidation sites excluding steroid dienone is 5. The molecule has 0 bridgehead atoms. The molecule has 96 valence electrons. The molecule has 0 amide bonds. The van der Waals surface area contributed by atoms with Crippen molar-refractivity contribution in [1.29, 1.82) is 0 Å². The number of fused-ring (bicyclic) bond motifs is 1. The maximum Gasteiger partial charge on any atom is 0.197 e. The van der Waals surface area contributed by atoms with E-state index in [0.29, 0.717) is 16.7 Å². The van der Waals surface area contributed by atoms with Crippen LogP contribution in [0.3, 0.4) is 0 Å². The largest absolute Gasteiger partial charge is 0.507 e. The van der Waals surface area contributed by atoms with Gasteiger partial charge >= 0.3 is 0 Å². The number of ketones is 1. The van der Waals surface area contributed by atoms with E-state index in [-0.39, 0.29) is 11.5 Å². The van der Waals surface area contributed by atoms with Gasteiger partial charge in [0.2, 0.25) is 0 Å². The quantitative estimate of drug-likeness (QED) is 0.760. The molecule has 1 aromatic rings. The third-order valence-electron chi connectivity index (χ3n) is 3.70. The van der Waals surface area contributed by atoms with Gasteiger partial charge in [0.05, 0.1) is 5.57 Å². The summed E-state index contributed by atoms with van der Waals surface area (Å²) in [6.45, 7) is 0. The van der Waals surface area contributed by atoms with Crippen LogP contribution in [-0.2, 0) is 0 Å². The van der Waals surface area contributed by atoms with E-state index in [2.05, 4.69) is 18.2 Å². The molecule has 2 aliphatic carbocycles. The number of benzene rings is 1. The van der Waals surface area contributed by atoms with Crippen LogP contribution in [0.25, 0.3) is 5.76 Å². The fourth-order valence-corrected chi connectivity index (χ4v) is 2.73. The molecule has 0 aliphatic heterocycles. The summed E-state index contributed by atoms with van der Waals surface area (Å²) in [5, 5.41) is 10.3. The molecule has 0 spiro atoms. The molecule has 0 unspecified atom stereocenters. The smallest absolute Gasteiger partial charge is 0.197 e. The molecule has 0 heterocycles. The highest BCUT2D eigenvalue weighted by atomic mass is 16.3. The number of rotatable bonds is 1. The van der Waals surface area contributed by atoms with Crippen molar-refractivity contribution in [3.8, 4) is 0 Å².